The van der Waals surface area contributed by atoms with Gasteiger partial charge in [-0.05, 0) is 25.8 Å². The summed E-state index contributed by atoms with van der Waals surface area (Å²) in [6, 6.07) is -1.74. The van der Waals surface area contributed by atoms with Crippen molar-refractivity contribution in [2.45, 2.75) is 43.8 Å². The van der Waals surface area contributed by atoms with Gasteiger partial charge in [0, 0.05) is 19.1 Å². The van der Waals surface area contributed by atoms with Crippen LogP contribution in [0.25, 0.3) is 0 Å². The molecule has 22 heavy (non-hydrogen) atoms. The van der Waals surface area contributed by atoms with E-state index in [4.69, 9.17) is 4.55 Å². The van der Waals surface area contributed by atoms with Gasteiger partial charge in [0.25, 0.3) is 5.91 Å². The highest BCUT2D eigenvalue weighted by Gasteiger charge is 2.60. The van der Waals surface area contributed by atoms with Crippen LogP contribution in [0, 0.1) is 0 Å². The summed E-state index contributed by atoms with van der Waals surface area (Å²) in [5, 5.41) is 6.14. The summed E-state index contributed by atoms with van der Waals surface area (Å²) >= 11 is 0. The van der Waals surface area contributed by atoms with Gasteiger partial charge in [-0.25, -0.2) is 9.10 Å². The maximum Gasteiger partial charge on any atom is 0.362 e. The summed E-state index contributed by atoms with van der Waals surface area (Å²) in [7, 11) is -4.54. The summed E-state index contributed by atoms with van der Waals surface area (Å²) < 4.78 is 31.8. The topological polar surface area (TPSA) is 119 Å². The Morgan fingerprint density at radius 3 is 2.82 bits per heavy atom. The molecule has 3 aliphatic rings. The van der Waals surface area contributed by atoms with E-state index in [-0.39, 0.29) is 12.1 Å². The molecular formula is C12H20N4O5S. The Bertz CT molecular complexity index is 572. The van der Waals surface area contributed by atoms with Crippen molar-refractivity contribution in [3.8, 4) is 0 Å². The van der Waals surface area contributed by atoms with E-state index < -0.39 is 28.3 Å². The van der Waals surface area contributed by atoms with Gasteiger partial charge in [-0.1, -0.05) is 6.42 Å². The standard InChI is InChI=1S/C12H20N4O5S/c17-11-10-9(16(11)22(19,20)21)4-6-15(10)12(18)14-8-3-1-2-5-13-7-8/h8-10,13H,1-7H2,(H,14,18)(H,19,20,21)/t8-,9?,10-/m0/s1. The Morgan fingerprint density at radius 1 is 1.32 bits per heavy atom. The fraction of sp³-hybridized carbons (Fsp3) is 0.833. The van der Waals surface area contributed by atoms with Gasteiger partial charge >= 0.3 is 16.3 Å². The molecule has 3 N–H and O–H groups in total. The Kier molecular flexibility index (Phi) is 4.00. The van der Waals surface area contributed by atoms with E-state index in [2.05, 4.69) is 10.6 Å². The summed E-state index contributed by atoms with van der Waals surface area (Å²) in [4.78, 5) is 25.6. The molecule has 124 valence electrons. The van der Waals surface area contributed by atoms with Gasteiger partial charge in [0.05, 0.1) is 6.04 Å². The molecule has 0 aromatic carbocycles. The average Bonchev–Trinajstić information content (AvgIpc) is 2.60. The molecule has 1 unspecified atom stereocenters. The molecule has 3 rings (SSSR count). The van der Waals surface area contributed by atoms with Crippen LogP contribution >= 0.6 is 0 Å². The zero-order valence-electron chi connectivity index (χ0n) is 12.1. The Morgan fingerprint density at radius 2 is 2.09 bits per heavy atom. The van der Waals surface area contributed by atoms with E-state index in [1.807, 2.05) is 0 Å². The molecule has 3 fully saturated rings. The minimum absolute atomic E-state index is 0.0157. The van der Waals surface area contributed by atoms with Crippen LogP contribution < -0.4 is 10.6 Å². The van der Waals surface area contributed by atoms with Gasteiger partial charge < -0.3 is 15.5 Å². The van der Waals surface area contributed by atoms with E-state index in [0.29, 0.717) is 23.8 Å². The van der Waals surface area contributed by atoms with Crippen molar-refractivity contribution >= 4 is 22.2 Å². The third-order valence-corrected chi connectivity index (χ3v) is 5.47. The van der Waals surface area contributed by atoms with Crippen LogP contribution in [0.5, 0.6) is 0 Å². The molecule has 3 atom stereocenters. The molecule has 0 bridgehead atoms. The Labute approximate surface area is 128 Å². The van der Waals surface area contributed by atoms with Crippen molar-refractivity contribution in [2.24, 2.45) is 0 Å². The minimum Gasteiger partial charge on any atom is -0.334 e. The fourth-order valence-corrected chi connectivity index (χ4v) is 4.34. The van der Waals surface area contributed by atoms with E-state index in [9.17, 15) is 18.0 Å². The number of β-lactam (4-membered cyclic amide) rings is 1. The second-order valence-corrected chi connectivity index (χ2v) is 7.24. The van der Waals surface area contributed by atoms with Gasteiger partial charge in [-0.15, -0.1) is 0 Å². The molecular weight excluding hydrogens is 312 g/mol. The largest absolute Gasteiger partial charge is 0.362 e. The number of amides is 3. The van der Waals surface area contributed by atoms with Crippen LogP contribution in [0.3, 0.4) is 0 Å². The first-order valence-electron chi connectivity index (χ1n) is 7.48. The summed E-state index contributed by atoms with van der Waals surface area (Å²) in [5.74, 6) is -0.737. The van der Waals surface area contributed by atoms with Gasteiger partial charge in [-0.3, -0.25) is 9.35 Å². The van der Waals surface area contributed by atoms with Crippen molar-refractivity contribution in [1.82, 2.24) is 19.8 Å². The van der Waals surface area contributed by atoms with Crippen LogP contribution in [-0.2, 0) is 15.1 Å². The lowest BCUT2D eigenvalue weighted by molar-refractivity contribution is -0.143. The van der Waals surface area contributed by atoms with Gasteiger partial charge in [-0.2, -0.15) is 8.42 Å². The predicted octanol–water partition coefficient (Wildman–Crippen LogP) is -1.07. The molecule has 10 heteroatoms. The van der Waals surface area contributed by atoms with Crippen LogP contribution in [-0.4, -0.2) is 71.9 Å². The molecule has 3 amide bonds. The van der Waals surface area contributed by atoms with E-state index in [0.717, 1.165) is 25.8 Å². The number of likely N-dealkylation sites (tertiary alicyclic amines) is 1. The Balaban J connectivity index is 1.62. The van der Waals surface area contributed by atoms with Crippen molar-refractivity contribution in [3.63, 3.8) is 0 Å². The van der Waals surface area contributed by atoms with E-state index in [1.165, 1.54) is 4.90 Å². The number of carbonyl (C=O) groups excluding carboxylic acids is 2. The summed E-state index contributed by atoms with van der Waals surface area (Å²) in [5.41, 5.74) is 0. The zero-order chi connectivity index (χ0) is 15.9. The van der Waals surface area contributed by atoms with Crippen LogP contribution in [0.1, 0.15) is 25.7 Å². The molecule has 0 aromatic rings. The van der Waals surface area contributed by atoms with Crippen molar-refractivity contribution < 1.29 is 22.6 Å². The lowest BCUT2D eigenvalue weighted by atomic mass is 10.0. The molecule has 0 saturated carbocycles. The molecule has 0 radical (unpaired) electrons. The second-order valence-electron chi connectivity index (χ2n) is 5.95. The van der Waals surface area contributed by atoms with Crippen LogP contribution in [0.15, 0.2) is 0 Å². The molecule has 3 aliphatic heterocycles. The monoisotopic (exact) mass is 332 g/mol. The second kappa shape index (κ2) is 5.67. The highest BCUT2D eigenvalue weighted by atomic mass is 32.2. The smallest absolute Gasteiger partial charge is 0.334 e. The fourth-order valence-electron chi connectivity index (χ4n) is 3.44. The minimum atomic E-state index is -4.54. The lowest BCUT2D eigenvalue weighted by Gasteiger charge is -2.42. The first-order chi connectivity index (χ1) is 10.4. The zero-order valence-corrected chi connectivity index (χ0v) is 12.9. The first-order valence-corrected chi connectivity index (χ1v) is 8.88. The normalized spacial score (nSPS) is 32.2. The van der Waals surface area contributed by atoms with Crippen molar-refractivity contribution in [1.29, 1.82) is 0 Å². The highest BCUT2D eigenvalue weighted by molar-refractivity contribution is 7.84. The van der Waals surface area contributed by atoms with Gasteiger partial charge in [0.1, 0.15) is 6.04 Å². The molecule has 0 spiro atoms. The highest BCUT2D eigenvalue weighted by Crippen LogP contribution is 2.35. The van der Waals surface area contributed by atoms with Crippen molar-refractivity contribution in [2.75, 3.05) is 19.6 Å². The quantitative estimate of drug-likeness (QED) is 0.437. The lowest BCUT2D eigenvalue weighted by Crippen LogP contribution is -2.69. The van der Waals surface area contributed by atoms with E-state index >= 15 is 0 Å². The molecule has 3 heterocycles. The molecule has 9 nitrogen and oxygen atoms in total. The number of hydrogen-bond donors (Lipinski definition) is 3. The predicted molar refractivity (Wildman–Crippen MR) is 76.3 cm³/mol. The van der Waals surface area contributed by atoms with Crippen LogP contribution in [0.4, 0.5) is 4.79 Å². The van der Waals surface area contributed by atoms with Gasteiger partial charge in [0.15, 0.2) is 0 Å². The number of hydrogen-bond acceptors (Lipinski definition) is 5. The summed E-state index contributed by atoms with van der Waals surface area (Å²) in [6.07, 6.45) is 3.33. The van der Waals surface area contributed by atoms with Crippen molar-refractivity contribution in [3.05, 3.63) is 0 Å². The number of fused-ring (bicyclic) bond motifs is 1. The third kappa shape index (κ3) is 2.66. The molecule has 3 saturated heterocycles. The Hall–Kier alpha value is -1.39. The van der Waals surface area contributed by atoms with Gasteiger partial charge in [0.2, 0.25) is 0 Å². The number of urea groups is 1. The first kappa shape index (κ1) is 15.5. The van der Waals surface area contributed by atoms with Crippen LogP contribution in [0.2, 0.25) is 0 Å². The number of rotatable bonds is 2. The average molecular weight is 332 g/mol. The maximum absolute atomic E-state index is 12.3. The summed E-state index contributed by atoms with van der Waals surface area (Å²) in [6.45, 7) is 1.93. The maximum atomic E-state index is 12.3. The number of nitrogens with zero attached hydrogens (tertiary/aromatic N) is 2. The molecule has 0 aromatic heterocycles. The number of carbonyl (C=O) groups is 2. The SMILES string of the molecule is O=C(N[C@H]1CCCCNC1)N1CCC2[C@H]1C(=O)N2S(=O)(=O)O. The van der Waals surface area contributed by atoms with E-state index in [1.54, 1.807) is 0 Å². The third-order valence-electron chi connectivity index (χ3n) is 4.52. The number of nitrogens with one attached hydrogen (secondary N) is 2. The molecule has 0 aliphatic carbocycles.